The number of benzene rings is 2. The maximum atomic E-state index is 13.8. The third-order valence-electron chi connectivity index (χ3n) is 4.87. The van der Waals surface area contributed by atoms with E-state index in [9.17, 15) is 22.4 Å². The molecule has 8 heteroatoms. The number of pyridine rings is 1. The number of alkyl halides is 3. The van der Waals surface area contributed by atoms with E-state index in [1.807, 2.05) is 42.6 Å². The summed E-state index contributed by atoms with van der Waals surface area (Å²) < 4.78 is 52.3. The number of anilines is 1. The Morgan fingerprint density at radius 1 is 1.03 bits per heavy atom. The van der Waals surface area contributed by atoms with E-state index in [-0.39, 0.29) is 6.42 Å². The van der Waals surface area contributed by atoms with Crippen molar-refractivity contribution in [3.8, 4) is 11.1 Å². The molecule has 0 unspecified atom stereocenters. The van der Waals surface area contributed by atoms with Crippen molar-refractivity contribution in [2.24, 2.45) is 0 Å². The molecule has 31 heavy (non-hydrogen) atoms. The number of nitrogens with zero attached hydrogens (tertiary/aromatic N) is 1. The van der Waals surface area contributed by atoms with Gasteiger partial charge in [-0.15, -0.1) is 0 Å². The molecule has 0 bridgehead atoms. The van der Waals surface area contributed by atoms with Crippen LogP contribution in [0.1, 0.15) is 17.5 Å². The summed E-state index contributed by atoms with van der Waals surface area (Å²) in [7, 11) is 0. The van der Waals surface area contributed by atoms with Gasteiger partial charge in [0.2, 0.25) is 5.91 Å². The van der Waals surface area contributed by atoms with Crippen molar-refractivity contribution in [1.82, 2.24) is 9.97 Å². The normalized spacial score (nSPS) is 11.6. The molecule has 0 spiro atoms. The van der Waals surface area contributed by atoms with Crippen molar-refractivity contribution in [3.05, 3.63) is 83.9 Å². The number of hydrogen-bond acceptors (Lipinski definition) is 2. The SMILES string of the molecule is O=C(CCc1cccc(-c2cnc3[nH]ccc3c2)c1)Nc1cc(C(F)(F)F)ccc1F. The first-order valence-corrected chi connectivity index (χ1v) is 9.49. The van der Waals surface area contributed by atoms with Gasteiger partial charge in [0.15, 0.2) is 0 Å². The summed E-state index contributed by atoms with van der Waals surface area (Å²) in [6, 6.07) is 13.4. The topological polar surface area (TPSA) is 57.8 Å². The van der Waals surface area contributed by atoms with Crippen LogP contribution in [0.15, 0.2) is 67.0 Å². The van der Waals surface area contributed by atoms with Crippen LogP contribution in [0.25, 0.3) is 22.2 Å². The Labute approximate surface area is 174 Å². The van der Waals surface area contributed by atoms with E-state index in [0.29, 0.717) is 24.6 Å². The molecule has 2 N–H and O–H groups in total. The van der Waals surface area contributed by atoms with Gasteiger partial charge in [0.25, 0.3) is 0 Å². The lowest BCUT2D eigenvalue weighted by atomic mass is 10.0. The predicted octanol–water partition coefficient (Wildman–Crippen LogP) is 5.96. The van der Waals surface area contributed by atoms with Crippen LogP contribution in [-0.4, -0.2) is 15.9 Å². The maximum Gasteiger partial charge on any atom is 0.416 e. The van der Waals surface area contributed by atoms with E-state index >= 15 is 0 Å². The lowest BCUT2D eigenvalue weighted by Gasteiger charge is -2.11. The highest BCUT2D eigenvalue weighted by Crippen LogP contribution is 2.32. The lowest BCUT2D eigenvalue weighted by Crippen LogP contribution is -2.15. The smallest absolute Gasteiger partial charge is 0.346 e. The van der Waals surface area contributed by atoms with E-state index < -0.39 is 29.2 Å². The molecule has 0 aliphatic heterocycles. The summed E-state index contributed by atoms with van der Waals surface area (Å²) in [6.45, 7) is 0. The van der Waals surface area contributed by atoms with Crippen molar-refractivity contribution < 1.29 is 22.4 Å². The van der Waals surface area contributed by atoms with Gasteiger partial charge < -0.3 is 10.3 Å². The van der Waals surface area contributed by atoms with Crippen LogP contribution in [0.5, 0.6) is 0 Å². The van der Waals surface area contributed by atoms with Gasteiger partial charge in [-0.1, -0.05) is 24.3 Å². The Bertz CT molecular complexity index is 1250. The molecule has 4 nitrogen and oxygen atoms in total. The van der Waals surface area contributed by atoms with Gasteiger partial charge in [0.05, 0.1) is 11.3 Å². The average molecular weight is 427 g/mol. The van der Waals surface area contributed by atoms with Crippen LogP contribution < -0.4 is 5.32 Å². The third-order valence-corrected chi connectivity index (χ3v) is 4.87. The summed E-state index contributed by atoms with van der Waals surface area (Å²) in [5.74, 6) is -1.49. The Morgan fingerprint density at radius 3 is 2.68 bits per heavy atom. The zero-order valence-electron chi connectivity index (χ0n) is 16.1. The number of H-pyrrole nitrogens is 1. The van der Waals surface area contributed by atoms with Crippen molar-refractivity contribution >= 4 is 22.6 Å². The maximum absolute atomic E-state index is 13.8. The molecule has 0 aliphatic carbocycles. The number of carbonyl (C=O) groups is 1. The molecule has 0 radical (unpaired) electrons. The molecule has 158 valence electrons. The molecule has 4 aromatic rings. The standard InChI is InChI=1S/C23H17F4N3O/c24-19-6-5-18(23(25,26)27)12-20(19)30-21(31)7-4-14-2-1-3-15(10-14)17-11-16-8-9-28-22(16)29-13-17/h1-3,5-6,8-13H,4,7H2,(H,28,29)(H,30,31). The van der Waals surface area contributed by atoms with Gasteiger partial charge in [-0.25, -0.2) is 9.37 Å². The monoisotopic (exact) mass is 427 g/mol. The summed E-state index contributed by atoms with van der Waals surface area (Å²) in [5, 5.41) is 3.21. The number of nitrogens with one attached hydrogen (secondary N) is 2. The number of rotatable bonds is 5. The minimum Gasteiger partial charge on any atom is -0.346 e. The zero-order valence-corrected chi connectivity index (χ0v) is 16.1. The van der Waals surface area contributed by atoms with Gasteiger partial charge in [-0.3, -0.25) is 4.79 Å². The molecule has 0 saturated carbocycles. The molecule has 2 heterocycles. The zero-order chi connectivity index (χ0) is 22.0. The average Bonchev–Trinajstić information content (AvgIpc) is 3.21. The molecular formula is C23H17F4N3O. The van der Waals surface area contributed by atoms with E-state index in [1.54, 1.807) is 6.20 Å². The van der Waals surface area contributed by atoms with Gasteiger partial charge >= 0.3 is 6.18 Å². The molecule has 1 amide bonds. The Balaban J connectivity index is 1.44. The second-order valence-corrected chi connectivity index (χ2v) is 7.08. The fourth-order valence-electron chi connectivity index (χ4n) is 3.27. The summed E-state index contributed by atoms with van der Waals surface area (Å²) in [5.41, 5.74) is 2.00. The van der Waals surface area contributed by atoms with E-state index in [0.717, 1.165) is 27.7 Å². The van der Waals surface area contributed by atoms with Crippen LogP contribution >= 0.6 is 0 Å². The largest absolute Gasteiger partial charge is 0.416 e. The first-order valence-electron chi connectivity index (χ1n) is 9.49. The molecule has 2 aromatic carbocycles. The third kappa shape index (κ3) is 4.74. The first-order chi connectivity index (χ1) is 14.8. The number of aryl methyl sites for hydroxylation is 1. The molecule has 0 fully saturated rings. The summed E-state index contributed by atoms with van der Waals surface area (Å²) >= 11 is 0. The van der Waals surface area contributed by atoms with Gasteiger partial charge in [-0.05, 0) is 47.9 Å². The van der Waals surface area contributed by atoms with Crippen molar-refractivity contribution in [2.75, 3.05) is 5.32 Å². The predicted molar refractivity (Wildman–Crippen MR) is 110 cm³/mol. The molecule has 2 aromatic heterocycles. The second-order valence-electron chi connectivity index (χ2n) is 7.08. The molecule has 4 rings (SSSR count). The first kappa shape index (κ1) is 20.6. The van der Waals surface area contributed by atoms with Crippen LogP contribution in [0.4, 0.5) is 23.2 Å². The number of halogens is 4. The van der Waals surface area contributed by atoms with Crippen LogP contribution in [0.3, 0.4) is 0 Å². The molecular weight excluding hydrogens is 410 g/mol. The number of amides is 1. The van der Waals surface area contributed by atoms with Crippen LogP contribution in [-0.2, 0) is 17.4 Å². The minimum absolute atomic E-state index is 0.00572. The number of aromatic nitrogens is 2. The second kappa shape index (κ2) is 8.22. The Hall–Kier alpha value is -3.68. The highest BCUT2D eigenvalue weighted by atomic mass is 19.4. The number of carbonyl (C=O) groups excluding carboxylic acids is 1. The minimum atomic E-state index is -4.62. The van der Waals surface area contributed by atoms with Gasteiger partial charge in [0.1, 0.15) is 11.5 Å². The Morgan fingerprint density at radius 2 is 1.87 bits per heavy atom. The van der Waals surface area contributed by atoms with Crippen molar-refractivity contribution in [1.29, 1.82) is 0 Å². The van der Waals surface area contributed by atoms with Gasteiger partial charge in [0, 0.05) is 29.8 Å². The lowest BCUT2D eigenvalue weighted by molar-refractivity contribution is -0.137. The van der Waals surface area contributed by atoms with Crippen LogP contribution in [0, 0.1) is 5.82 Å². The van der Waals surface area contributed by atoms with E-state index in [1.165, 1.54) is 0 Å². The number of hydrogen-bond donors (Lipinski definition) is 2. The molecule has 0 aliphatic rings. The highest BCUT2D eigenvalue weighted by molar-refractivity contribution is 5.91. The number of aromatic amines is 1. The molecule has 0 saturated heterocycles. The fourth-order valence-corrected chi connectivity index (χ4v) is 3.27. The fraction of sp³-hybridized carbons (Fsp3) is 0.130. The van der Waals surface area contributed by atoms with E-state index in [4.69, 9.17) is 0 Å². The highest BCUT2D eigenvalue weighted by Gasteiger charge is 2.31. The van der Waals surface area contributed by atoms with E-state index in [2.05, 4.69) is 15.3 Å². The summed E-state index contributed by atoms with van der Waals surface area (Å²) in [6.07, 6.45) is -0.717. The Kier molecular flexibility index (Phi) is 5.46. The number of fused-ring (bicyclic) bond motifs is 1. The van der Waals surface area contributed by atoms with Crippen molar-refractivity contribution in [3.63, 3.8) is 0 Å². The van der Waals surface area contributed by atoms with Gasteiger partial charge in [-0.2, -0.15) is 13.2 Å². The quantitative estimate of drug-likeness (QED) is 0.386. The summed E-state index contributed by atoms with van der Waals surface area (Å²) in [4.78, 5) is 19.6. The van der Waals surface area contributed by atoms with Crippen molar-refractivity contribution in [2.45, 2.75) is 19.0 Å². The molecule has 0 atom stereocenters. The van der Waals surface area contributed by atoms with Crippen LogP contribution in [0.2, 0.25) is 0 Å².